The van der Waals surface area contributed by atoms with E-state index in [2.05, 4.69) is 56.3 Å². The summed E-state index contributed by atoms with van der Waals surface area (Å²) in [6.45, 7) is 5.86. The van der Waals surface area contributed by atoms with Gasteiger partial charge in [-0.05, 0) is 54.7 Å². The maximum Gasteiger partial charge on any atom is 0.0642 e. The Morgan fingerprint density at radius 1 is 0.889 bits per heavy atom. The number of hydrogen-bond acceptors (Lipinski definition) is 4. The fourth-order valence-corrected chi connectivity index (χ4v) is 4.47. The molecule has 2 aromatic heterocycles. The van der Waals surface area contributed by atoms with Gasteiger partial charge in [-0.25, -0.2) is 0 Å². The number of nitrogens with one attached hydrogen (secondary N) is 1. The topological polar surface area (TPSA) is 44.4 Å². The van der Waals surface area contributed by atoms with E-state index in [0.29, 0.717) is 5.92 Å². The van der Waals surface area contributed by atoms with Crippen LogP contribution in [0.1, 0.15) is 24.3 Å². The Morgan fingerprint density at radius 3 is 2.26 bits per heavy atom. The van der Waals surface area contributed by atoms with E-state index in [0.717, 1.165) is 39.4 Å². The summed E-state index contributed by atoms with van der Waals surface area (Å²) in [5.41, 5.74) is 5.27. The Labute approximate surface area is 160 Å². The molecule has 0 aliphatic carbocycles. The molecule has 4 heterocycles. The number of aromatic amines is 1. The lowest BCUT2D eigenvalue weighted by Crippen LogP contribution is -2.36. The summed E-state index contributed by atoms with van der Waals surface area (Å²) < 4.78 is 5.45. The zero-order chi connectivity index (χ0) is 18.1. The van der Waals surface area contributed by atoms with Crippen LogP contribution in [0.25, 0.3) is 10.9 Å². The SMILES string of the molecule is c1cc2[nH]cc(C3CCN(c4ccc(N5CCOCC5)cc4)CC3)c2cn1. The van der Waals surface area contributed by atoms with Crippen molar-refractivity contribution in [2.45, 2.75) is 18.8 Å². The second kappa shape index (κ2) is 7.24. The minimum absolute atomic E-state index is 0.617. The number of aromatic nitrogens is 2. The number of benzene rings is 1. The summed E-state index contributed by atoms with van der Waals surface area (Å²) in [4.78, 5) is 12.6. The predicted octanol–water partition coefficient (Wildman–Crippen LogP) is 3.78. The van der Waals surface area contributed by atoms with Crippen LogP contribution >= 0.6 is 0 Å². The number of anilines is 2. The molecular weight excluding hydrogens is 336 g/mol. The van der Waals surface area contributed by atoms with Crippen LogP contribution in [0.5, 0.6) is 0 Å². The molecule has 0 unspecified atom stereocenters. The predicted molar refractivity (Wildman–Crippen MR) is 110 cm³/mol. The molecule has 2 fully saturated rings. The third-order valence-corrected chi connectivity index (χ3v) is 6.04. The highest BCUT2D eigenvalue weighted by Gasteiger charge is 2.23. The Morgan fingerprint density at radius 2 is 1.56 bits per heavy atom. The Balaban J connectivity index is 1.25. The molecular formula is C22H26N4O. The van der Waals surface area contributed by atoms with Crippen LogP contribution in [-0.4, -0.2) is 49.4 Å². The molecule has 0 bridgehead atoms. The van der Waals surface area contributed by atoms with Crippen molar-refractivity contribution >= 4 is 22.3 Å². The second-order valence-electron chi connectivity index (χ2n) is 7.54. The Bertz CT molecular complexity index is 890. The van der Waals surface area contributed by atoms with Crippen molar-refractivity contribution in [3.8, 4) is 0 Å². The summed E-state index contributed by atoms with van der Waals surface area (Å²) in [6, 6.07) is 11.1. The Hall–Kier alpha value is -2.53. The van der Waals surface area contributed by atoms with Crippen molar-refractivity contribution in [1.29, 1.82) is 0 Å². The lowest BCUT2D eigenvalue weighted by Gasteiger charge is -2.34. The first-order valence-corrected chi connectivity index (χ1v) is 9.97. The summed E-state index contributed by atoms with van der Waals surface area (Å²) in [6.07, 6.45) is 8.41. The van der Waals surface area contributed by atoms with E-state index in [-0.39, 0.29) is 0 Å². The van der Waals surface area contributed by atoms with Gasteiger partial charge >= 0.3 is 0 Å². The number of nitrogens with zero attached hydrogens (tertiary/aromatic N) is 3. The first-order valence-electron chi connectivity index (χ1n) is 9.97. The normalized spacial score (nSPS) is 19.0. The number of ether oxygens (including phenoxy) is 1. The van der Waals surface area contributed by atoms with E-state index in [1.807, 2.05) is 12.4 Å². The van der Waals surface area contributed by atoms with Gasteiger partial charge in [0, 0.05) is 67.0 Å². The first kappa shape index (κ1) is 16.6. The van der Waals surface area contributed by atoms with E-state index in [1.165, 1.54) is 40.7 Å². The standard InChI is InChI=1S/C22H26N4O/c1-3-19(26-11-13-27-14-12-26)4-2-18(1)25-9-6-17(7-10-25)20-16-24-22-5-8-23-15-21(20)22/h1-5,8,15-17,24H,6-7,9-14H2. The molecule has 0 atom stereocenters. The number of rotatable bonds is 3. The third-order valence-electron chi connectivity index (χ3n) is 6.04. The van der Waals surface area contributed by atoms with Gasteiger partial charge in [-0.3, -0.25) is 4.98 Å². The third kappa shape index (κ3) is 3.28. The zero-order valence-corrected chi connectivity index (χ0v) is 15.6. The molecule has 2 saturated heterocycles. The lowest BCUT2D eigenvalue weighted by molar-refractivity contribution is 0.122. The molecule has 27 heavy (non-hydrogen) atoms. The van der Waals surface area contributed by atoms with E-state index < -0.39 is 0 Å². The maximum absolute atomic E-state index is 5.45. The molecule has 2 aliphatic rings. The highest BCUT2D eigenvalue weighted by Crippen LogP contribution is 2.34. The molecule has 1 N–H and O–H groups in total. The first-order chi connectivity index (χ1) is 13.4. The second-order valence-corrected chi connectivity index (χ2v) is 7.54. The van der Waals surface area contributed by atoms with Crippen LogP contribution in [0, 0.1) is 0 Å². The average Bonchev–Trinajstić information content (AvgIpc) is 3.19. The van der Waals surface area contributed by atoms with Gasteiger partial charge in [-0.1, -0.05) is 0 Å². The lowest BCUT2D eigenvalue weighted by atomic mass is 9.89. The highest BCUT2D eigenvalue weighted by atomic mass is 16.5. The van der Waals surface area contributed by atoms with Gasteiger partial charge < -0.3 is 19.5 Å². The van der Waals surface area contributed by atoms with Crippen molar-refractivity contribution in [2.75, 3.05) is 49.2 Å². The average molecular weight is 362 g/mol. The van der Waals surface area contributed by atoms with Crippen LogP contribution in [0.3, 0.4) is 0 Å². The van der Waals surface area contributed by atoms with Gasteiger partial charge in [0.15, 0.2) is 0 Å². The largest absolute Gasteiger partial charge is 0.378 e. The monoisotopic (exact) mass is 362 g/mol. The summed E-state index contributed by atoms with van der Waals surface area (Å²) in [7, 11) is 0. The van der Waals surface area contributed by atoms with Crippen molar-refractivity contribution in [1.82, 2.24) is 9.97 Å². The smallest absolute Gasteiger partial charge is 0.0642 e. The minimum Gasteiger partial charge on any atom is -0.378 e. The van der Waals surface area contributed by atoms with Gasteiger partial charge in [-0.15, -0.1) is 0 Å². The van der Waals surface area contributed by atoms with E-state index >= 15 is 0 Å². The molecule has 2 aliphatic heterocycles. The fourth-order valence-electron chi connectivity index (χ4n) is 4.47. The Kier molecular flexibility index (Phi) is 4.46. The number of pyridine rings is 1. The summed E-state index contributed by atoms with van der Waals surface area (Å²) >= 11 is 0. The van der Waals surface area contributed by atoms with Crippen LogP contribution in [-0.2, 0) is 4.74 Å². The van der Waals surface area contributed by atoms with Crippen LogP contribution in [0.2, 0.25) is 0 Å². The zero-order valence-electron chi connectivity index (χ0n) is 15.6. The number of morpholine rings is 1. The van der Waals surface area contributed by atoms with E-state index in [4.69, 9.17) is 4.74 Å². The maximum atomic E-state index is 5.45. The highest BCUT2D eigenvalue weighted by molar-refractivity contribution is 5.82. The van der Waals surface area contributed by atoms with Gasteiger partial charge in [0.2, 0.25) is 0 Å². The van der Waals surface area contributed by atoms with Crippen molar-refractivity contribution in [3.63, 3.8) is 0 Å². The van der Waals surface area contributed by atoms with Crippen molar-refractivity contribution < 1.29 is 4.74 Å². The molecule has 140 valence electrons. The van der Waals surface area contributed by atoms with Gasteiger partial charge in [0.05, 0.1) is 13.2 Å². The van der Waals surface area contributed by atoms with E-state index in [1.54, 1.807) is 0 Å². The van der Waals surface area contributed by atoms with Crippen molar-refractivity contribution in [3.05, 3.63) is 54.5 Å². The summed E-state index contributed by atoms with van der Waals surface area (Å²) in [5.74, 6) is 0.617. The molecule has 0 saturated carbocycles. The quantitative estimate of drug-likeness (QED) is 0.770. The number of hydrogen-bond donors (Lipinski definition) is 1. The van der Waals surface area contributed by atoms with Crippen LogP contribution < -0.4 is 9.80 Å². The van der Waals surface area contributed by atoms with Gasteiger partial charge in [-0.2, -0.15) is 0 Å². The molecule has 5 nitrogen and oxygen atoms in total. The molecule has 3 aromatic rings. The number of piperidine rings is 1. The molecule has 0 amide bonds. The number of fused-ring (bicyclic) bond motifs is 1. The van der Waals surface area contributed by atoms with Crippen LogP contribution in [0.4, 0.5) is 11.4 Å². The molecule has 5 heteroatoms. The fraction of sp³-hybridized carbons (Fsp3) is 0.409. The van der Waals surface area contributed by atoms with Gasteiger partial charge in [0.1, 0.15) is 0 Å². The van der Waals surface area contributed by atoms with Crippen molar-refractivity contribution in [2.24, 2.45) is 0 Å². The minimum atomic E-state index is 0.617. The van der Waals surface area contributed by atoms with Crippen LogP contribution in [0.15, 0.2) is 48.9 Å². The number of H-pyrrole nitrogens is 1. The van der Waals surface area contributed by atoms with Gasteiger partial charge in [0.25, 0.3) is 0 Å². The summed E-state index contributed by atoms with van der Waals surface area (Å²) in [5, 5.41) is 1.28. The van der Waals surface area contributed by atoms with E-state index in [9.17, 15) is 0 Å². The molecule has 0 radical (unpaired) electrons. The molecule has 0 spiro atoms. The molecule has 5 rings (SSSR count). The molecule has 1 aromatic carbocycles.